The lowest BCUT2D eigenvalue weighted by Gasteiger charge is -2.12. The van der Waals surface area contributed by atoms with Crippen molar-refractivity contribution in [1.82, 2.24) is 0 Å². The maximum Gasteiger partial charge on any atom is 0.122 e. The minimum Gasteiger partial charge on any atom is -0.496 e. The average Bonchev–Trinajstić information content (AvgIpc) is 2.69. The summed E-state index contributed by atoms with van der Waals surface area (Å²) in [4.78, 5) is 0. The van der Waals surface area contributed by atoms with Crippen molar-refractivity contribution in [1.29, 1.82) is 0 Å². The van der Waals surface area contributed by atoms with E-state index in [0.29, 0.717) is 13.0 Å². The van der Waals surface area contributed by atoms with Gasteiger partial charge >= 0.3 is 0 Å². The van der Waals surface area contributed by atoms with Crippen LogP contribution in [0.3, 0.4) is 0 Å². The zero-order valence-corrected chi connectivity index (χ0v) is 16.6. The van der Waals surface area contributed by atoms with E-state index in [1.165, 1.54) is 5.57 Å². The summed E-state index contributed by atoms with van der Waals surface area (Å²) in [6.45, 7) is 8.29. The smallest absolute Gasteiger partial charge is 0.122 e. The van der Waals surface area contributed by atoms with E-state index < -0.39 is 6.10 Å². The highest BCUT2D eigenvalue weighted by molar-refractivity contribution is 5.41. The normalized spacial score (nSPS) is 12.5. The summed E-state index contributed by atoms with van der Waals surface area (Å²) in [6.07, 6.45) is 4.07. The zero-order valence-electron chi connectivity index (χ0n) is 16.6. The van der Waals surface area contributed by atoms with Crippen molar-refractivity contribution in [2.45, 2.75) is 45.8 Å². The number of allylic oxidation sites excluding steroid dienone is 2. The van der Waals surface area contributed by atoms with Crippen LogP contribution >= 0.6 is 0 Å². The molecule has 144 valence electrons. The lowest BCUT2D eigenvalue weighted by Crippen LogP contribution is -2.06. The average molecular weight is 367 g/mol. The molecule has 0 fully saturated rings. The molecule has 2 aromatic rings. The summed E-state index contributed by atoms with van der Waals surface area (Å²) in [5.74, 6) is 1.69. The van der Waals surface area contributed by atoms with Gasteiger partial charge in [0.1, 0.15) is 18.1 Å². The van der Waals surface area contributed by atoms with Crippen molar-refractivity contribution in [3.8, 4) is 11.5 Å². The number of rotatable bonds is 10. The Morgan fingerprint density at radius 2 is 1.89 bits per heavy atom. The molecule has 0 aromatic heterocycles. The van der Waals surface area contributed by atoms with Crippen LogP contribution in [0.25, 0.3) is 0 Å². The second kappa shape index (κ2) is 10.6. The molecular formula is C24H30O3. The van der Waals surface area contributed by atoms with Crippen molar-refractivity contribution >= 4 is 0 Å². The van der Waals surface area contributed by atoms with Crippen molar-refractivity contribution in [2.75, 3.05) is 7.11 Å². The van der Waals surface area contributed by atoms with Crippen LogP contribution in [0.4, 0.5) is 0 Å². The van der Waals surface area contributed by atoms with Crippen molar-refractivity contribution in [3.63, 3.8) is 0 Å². The van der Waals surface area contributed by atoms with Crippen molar-refractivity contribution < 1.29 is 14.6 Å². The Labute approximate surface area is 163 Å². The maximum atomic E-state index is 9.87. The van der Waals surface area contributed by atoms with Crippen LogP contribution in [-0.4, -0.2) is 18.3 Å². The molecule has 3 nitrogen and oxygen atoms in total. The van der Waals surface area contributed by atoms with Gasteiger partial charge in [0.25, 0.3) is 0 Å². The van der Waals surface area contributed by atoms with Gasteiger partial charge in [-0.05, 0) is 56.9 Å². The quantitative estimate of drug-likeness (QED) is 0.566. The number of aliphatic hydroxyl groups is 1. The van der Waals surface area contributed by atoms with Crippen LogP contribution < -0.4 is 9.47 Å². The van der Waals surface area contributed by atoms with Gasteiger partial charge in [0.05, 0.1) is 13.2 Å². The van der Waals surface area contributed by atoms with Gasteiger partial charge < -0.3 is 14.6 Å². The van der Waals surface area contributed by atoms with Crippen LogP contribution in [0.5, 0.6) is 11.5 Å². The Kier molecular flexibility index (Phi) is 8.15. The molecule has 3 heteroatoms. The fourth-order valence-electron chi connectivity index (χ4n) is 2.74. The monoisotopic (exact) mass is 366 g/mol. The molecule has 1 unspecified atom stereocenters. The van der Waals surface area contributed by atoms with Crippen LogP contribution in [0.2, 0.25) is 0 Å². The maximum absolute atomic E-state index is 9.87. The van der Waals surface area contributed by atoms with E-state index in [9.17, 15) is 5.11 Å². The third-order valence-electron chi connectivity index (χ3n) is 4.55. The first kappa shape index (κ1) is 20.8. The van der Waals surface area contributed by atoms with Gasteiger partial charge in [-0.3, -0.25) is 0 Å². The Morgan fingerprint density at radius 1 is 1.15 bits per heavy atom. The first-order chi connectivity index (χ1) is 13.0. The Hall–Kier alpha value is -2.52. The van der Waals surface area contributed by atoms with E-state index in [4.69, 9.17) is 9.47 Å². The van der Waals surface area contributed by atoms with Gasteiger partial charge in [-0.25, -0.2) is 0 Å². The molecule has 0 saturated carbocycles. The standard InChI is InChI=1S/C24H30O3/c1-18(2)23(25)14-11-19(3)10-12-21-16-22(13-15-24(21)26-4)27-17-20-8-6-5-7-9-20/h5-10,13,15-16,23,25H,1,11-12,14,17H2,2-4H3/b19-10+. The highest BCUT2D eigenvalue weighted by atomic mass is 16.5. The van der Waals surface area contributed by atoms with Gasteiger partial charge in [0.15, 0.2) is 0 Å². The lowest BCUT2D eigenvalue weighted by molar-refractivity contribution is 0.201. The van der Waals surface area contributed by atoms with Gasteiger partial charge in [0.2, 0.25) is 0 Å². The zero-order chi connectivity index (χ0) is 19.6. The largest absolute Gasteiger partial charge is 0.496 e. The number of hydrogen-bond acceptors (Lipinski definition) is 3. The molecule has 0 amide bonds. The van der Waals surface area contributed by atoms with Gasteiger partial charge in [-0.2, -0.15) is 0 Å². The summed E-state index contributed by atoms with van der Waals surface area (Å²) in [5, 5.41) is 9.87. The number of ether oxygens (including phenoxy) is 2. The summed E-state index contributed by atoms with van der Waals surface area (Å²) >= 11 is 0. The van der Waals surface area contributed by atoms with E-state index in [1.807, 2.05) is 43.3 Å². The van der Waals surface area contributed by atoms with Crippen molar-refractivity contribution in [3.05, 3.63) is 83.5 Å². The molecular weight excluding hydrogens is 336 g/mol. The highest BCUT2D eigenvalue weighted by Crippen LogP contribution is 2.26. The van der Waals surface area contributed by atoms with Crippen LogP contribution in [-0.2, 0) is 13.0 Å². The minimum absolute atomic E-state index is 0.433. The molecule has 0 aliphatic rings. The van der Waals surface area contributed by atoms with Crippen LogP contribution in [0.1, 0.15) is 37.8 Å². The topological polar surface area (TPSA) is 38.7 Å². The van der Waals surface area contributed by atoms with E-state index in [0.717, 1.165) is 41.0 Å². The molecule has 0 spiro atoms. The Morgan fingerprint density at radius 3 is 2.56 bits per heavy atom. The number of hydrogen-bond donors (Lipinski definition) is 1. The molecule has 0 heterocycles. The summed E-state index contributed by atoms with van der Waals surface area (Å²) in [7, 11) is 1.68. The molecule has 27 heavy (non-hydrogen) atoms. The van der Waals surface area contributed by atoms with Gasteiger partial charge in [-0.15, -0.1) is 0 Å². The highest BCUT2D eigenvalue weighted by Gasteiger charge is 2.07. The fraction of sp³-hybridized carbons (Fsp3) is 0.333. The van der Waals surface area contributed by atoms with E-state index >= 15 is 0 Å². The molecule has 0 aliphatic heterocycles. The molecule has 0 aliphatic carbocycles. The number of benzene rings is 2. The fourth-order valence-corrected chi connectivity index (χ4v) is 2.74. The molecule has 0 saturated heterocycles. The molecule has 2 aromatic carbocycles. The number of aliphatic hydroxyl groups excluding tert-OH is 1. The Balaban J connectivity index is 1.99. The second-order valence-electron chi connectivity index (χ2n) is 6.90. The van der Waals surface area contributed by atoms with E-state index in [1.54, 1.807) is 7.11 Å². The summed E-state index contributed by atoms with van der Waals surface area (Å²) < 4.78 is 11.4. The minimum atomic E-state index is -0.433. The van der Waals surface area contributed by atoms with Crippen LogP contribution in [0.15, 0.2) is 72.3 Å². The molecule has 2 rings (SSSR count). The van der Waals surface area contributed by atoms with Gasteiger partial charge in [0, 0.05) is 5.56 Å². The Bertz CT molecular complexity index is 762. The SMILES string of the molecule is C=C(C)C(O)CC/C(C)=C/Cc1cc(OCc2ccccc2)ccc1OC. The molecule has 0 bridgehead atoms. The first-order valence-electron chi connectivity index (χ1n) is 9.32. The summed E-state index contributed by atoms with van der Waals surface area (Å²) in [5.41, 5.74) is 4.28. The van der Waals surface area contributed by atoms with E-state index in [2.05, 4.69) is 31.7 Å². The molecule has 0 radical (unpaired) electrons. The lowest BCUT2D eigenvalue weighted by atomic mass is 10.0. The first-order valence-corrected chi connectivity index (χ1v) is 9.32. The predicted octanol–water partition coefficient (Wildman–Crippen LogP) is 5.48. The third-order valence-corrected chi connectivity index (χ3v) is 4.55. The molecule has 1 atom stereocenters. The summed E-state index contributed by atoms with van der Waals surface area (Å²) in [6, 6.07) is 16.0. The van der Waals surface area contributed by atoms with E-state index in [-0.39, 0.29) is 0 Å². The molecule has 1 N–H and O–H groups in total. The third kappa shape index (κ3) is 6.95. The van der Waals surface area contributed by atoms with Crippen molar-refractivity contribution in [2.24, 2.45) is 0 Å². The number of methoxy groups -OCH3 is 1. The second-order valence-corrected chi connectivity index (χ2v) is 6.90. The van der Waals surface area contributed by atoms with Crippen LogP contribution in [0, 0.1) is 0 Å². The predicted molar refractivity (Wildman–Crippen MR) is 111 cm³/mol. The van der Waals surface area contributed by atoms with Gasteiger partial charge in [-0.1, -0.05) is 54.1 Å².